The Labute approximate surface area is 123 Å². The second-order valence-electron chi connectivity index (χ2n) is 5.57. The number of nitrogens with one attached hydrogen (secondary N) is 1. The van der Waals surface area contributed by atoms with Gasteiger partial charge in [0, 0.05) is 24.4 Å². The third-order valence-corrected chi connectivity index (χ3v) is 3.04. The summed E-state index contributed by atoms with van der Waals surface area (Å²) in [5.74, 6) is 1.21. The average molecular weight is 292 g/mol. The van der Waals surface area contributed by atoms with Crippen LogP contribution in [0.3, 0.4) is 0 Å². The van der Waals surface area contributed by atoms with E-state index in [1.54, 1.807) is 12.4 Å². The van der Waals surface area contributed by atoms with Gasteiger partial charge in [0.15, 0.2) is 11.0 Å². The van der Waals surface area contributed by atoms with Crippen molar-refractivity contribution in [1.82, 2.24) is 15.0 Å². The number of nitrogen functional groups attached to an aromatic ring is 1. The first-order valence-corrected chi connectivity index (χ1v) is 6.72. The van der Waals surface area contributed by atoms with Gasteiger partial charge in [-0.2, -0.15) is 0 Å². The van der Waals surface area contributed by atoms with Gasteiger partial charge in [-0.15, -0.1) is 0 Å². The van der Waals surface area contributed by atoms with Gasteiger partial charge >= 0.3 is 0 Å². The van der Waals surface area contributed by atoms with Crippen molar-refractivity contribution >= 4 is 23.1 Å². The van der Waals surface area contributed by atoms with Crippen LogP contribution in [0.5, 0.6) is 0 Å². The van der Waals surface area contributed by atoms with Crippen LogP contribution in [0.15, 0.2) is 24.5 Å². The SMILES string of the molecule is CC(C)(C)c1nc(Cl)c(N)c(NCc2cccnc2)n1. The standard InChI is InChI=1S/C14H18ClN5/c1-14(2,3)13-19-11(15)10(16)12(20-13)18-8-9-5-4-6-17-7-9/h4-7H,8,16H2,1-3H3,(H,18,19,20). The van der Waals surface area contributed by atoms with E-state index in [-0.39, 0.29) is 10.6 Å². The first-order valence-electron chi connectivity index (χ1n) is 6.34. The fraction of sp³-hybridized carbons (Fsp3) is 0.357. The highest BCUT2D eigenvalue weighted by Crippen LogP contribution is 2.28. The molecule has 0 amide bonds. The van der Waals surface area contributed by atoms with Crippen molar-refractivity contribution in [2.24, 2.45) is 0 Å². The minimum absolute atomic E-state index is 0.192. The Morgan fingerprint density at radius 2 is 2.05 bits per heavy atom. The van der Waals surface area contributed by atoms with Crippen molar-refractivity contribution in [2.45, 2.75) is 32.7 Å². The molecular formula is C14H18ClN5. The van der Waals surface area contributed by atoms with Gasteiger partial charge < -0.3 is 11.1 Å². The zero-order chi connectivity index (χ0) is 14.8. The monoisotopic (exact) mass is 291 g/mol. The van der Waals surface area contributed by atoms with E-state index in [1.807, 2.05) is 32.9 Å². The molecule has 2 rings (SSSR count). The number of hydrogen-bond acceptors (Lipinski definition) is 5. The summed E-state index contributed by atoms with van der Waals surface area (Å²) in [7, 11) is 0. The zero-order valence-corrected chi connectivity index (χ0v) is 12.6. The molecule has 3 N–H and O–H groups in total. The molecule has 5 nitrogen and oxygen atoms in total. The molecule has 2 aromatic rings. The highest BCUT2D eigenvalue weighted by Gasteiger charge is 2.20. The van der Waals surface area contributed by atoms with Crippen molar-refractivity contribution in [1.29, 1.82) is 0 Å². The quantitative estimate of drug-likeness (QED) is 0.850. The second kappa shape index (κ2) is 5.63. The number of rotatable bonds is 3. The van der Waals surface area contributed by atoms with E-state index in [9.17, 15) is 0 Å². The molecule has 0 saturated heterocycles. The molecule has 0 aromatic carbocycles. The highest BCUT2D eigenvalue weighted by atomic mass is 35.5. The van der Waals surface area contributed by atoms with Crippen molar-refractivity contribution in [3.05, 3.63) is 41.1 Å². The molecule has 2 aromatic heterocycles. The molecule has 0 aliphatic heterocycles. The molecule has 0 bridgehead atoms. The van der Waals surface area contributed by atoms with E-state index in [0.29, 0.717) is 23.9 Å². The summed E-state index contributed by atoms with van der Waals surface area (Å²) in [6.45, 7) is 6.66. The van der Waals surface area contributed by atoms with Crippen LogP contribution in [0.4, 0.5) is 11.5 Å². The molecule has 6 heteroatoms. The maximum Gasteiger partial charge on any atom is 0.157 e. The van der Waals surface area contributed by atoms with Crippen LogP contribution in [0.25, 0.3) is 0 Å². The van der Waals surface area contributed by atoms with Gasteiger partial charge in [-0.1, -0.05) is 38.4 Å². The van der Waals surface area contributed by atoms with E-state index < -0.39 is 0 Å². The summed E-state index contributed by atoms with van der Waals surface area (Å²) in [5, 5.41) is 3.46. The van der Waals surface area contributed by atoms with E-state index in [2.05, 4.69) is 20.3 Å². The van der Waals surface area contributed by atoms with Crippen molar-refractivity contribution < 1.29 is 0 Å². The molecule has 0 aliphatic rings. The minimum Gasteiger partial charge on any atom is -0.393 e. The van der Waals surface area contributed by atoms with Crippen LogP contribution in [0.2, 0.25) is 5.15 Å². The molecule has 106 valence electrons. The van der Waals surface area contributed by atoms with Crippen molar-refractivity contribution in [2.75, 3.05) is 11.1 Å². The Morgan fingerprint density at radius 1 is 1.30 bits per heavy atom. The predicted octanol–water partition coefficient (Wildman–Crippen LogP) is 3.02. The molecule has 2 heterocycles. The summed E-state index contributed by atoms with van der Waals surface area (Å²) in [6.07, 6.45) is 3.52. The zero-order valence-electron chi connectivity index (χ0n) is 11.8. The van der Waals surface area contributed by atoms with Crippen molar-refractivity contribution in [3.8, 4) is 0 Å². The summed E-state index contributed by atoms with van der Waals surface area (Å²) in [5.41, 5.74) is 7.14. The lowest BCUT2D eigenvalue weighted by molar-refractivity contribution is 0.546. The highest BCUT2D eigenvalue weighted by molar-refractivity contribution is 6.32. The Morgan fingerprint density at radius 3 is 2.65 bits per heavy atom. The summed E-state index contributed by atoms with van der Waals surface area (Å²) in [4.78, 5) is 12.8. The third-order valence-electron chi connectivity index (χ3n) is 2.75. The molecule has 0 unspecified atom stereocenters. The molecular weight excluding hydrogens is 274 g/mol. The van der Waals surface area contributed by atoms with Crippen LogP contribution >= 0.6 is 11.6 Å². The number of halogens is 1. The minimum atomic E-state index is -0.192. The van der Waals surface area contributed by atoms with Crippen LogP contribution in [-0.4, -0.2) is 15.0 Å². The summed E-state index contributed by atoms with van der Waals surface area (Å²) >= 11 is 6.08. The Balaban J connectivity index is 2.25. The van der Waals surface area contributed by atoms with E-state index in [1.165, 1.54) is 0 Å². The third kappa shape index (κ3) is 3.36. The van der Waals surface area contributed by atoms with Gasteiger partial charge in [0.2, 0.25) is 0 Å². The maximum absolute atomic E-state index is 6.08. The Kier molecular flexibility index (Phi) is 4.09. The number of pyridine rings is 1. The van der Waals surface area contributed by atoms with Crippen LogP contribution in [-0.2, 0) is 12.0 Å². The van der Waals surface area contributed by atoms with Gasteiger partial charge in [-0.3, -0.25) is 4.98 Å². The molecule has 0 spiro atoms. The second-order valence-corrected chi connectivity index (χ2v) is 5.92. The number of anilines is 2. The van der Waals surface area contributed by atoms with Crippen LogP contribution in [0.1, 0.15) is 32.2 Å². The van der Waals surface area contributed by atoms with Gasteiger partial charge in [0.1, 0.15) is 11.5 Å². The van der Waals surface area contributed by atoms with Gasteiger partial charge in [0.25, 0.3) is 0 Å². The van der Waals surface area contributed by atoms with E-state index in [0.717, 1.165) is 5.56 Å². The fourth-order valence-electron chi connectivity index (χ4n) is 1.60. The van der Waals surface area contributed by atoms with E-state index >= 15 is 0 Å². The van der Waals surface area contributed by atoms with Crippen LogP contribution < -0.4 is 11.1 Å². The summed E-state index contributed by atoms with van der Waals surface area (Å²) in [6, 6.07) is 3.86. The Hall–Kier alpha value is -1.88. The lowest BCUT2D eigenvalue weighted by Crippen LogP contribution is -2.18. The predicted molar refractivity (Wildman–Crippen MR) is 81.7 cm³/mol. The number of aromatic nitrogens is 3. The molecule has 0 radical (unpaired) electrons. The topological polar surface area (TPSA) is 76.7 Å². The van der Waals surface area contributed by atoms with Gasteiger partial charge in [0.05, 0.1) is 0 Å². The first kappa shape index (κ1) is 14.5. The molecule has 0 saturated carbocycles. The smallest absolute Gasteiger partial charge is 0.157 e. The summed E-state index contributed by atoms with van der Waals surface area (Å²) < 4.78 is 0. The maximum atomic E-state index is 6.08. The van der Waals surface area contributed by atoms with Gasteiger partial charge in [-0.25, -0.2) is 9.97 Å². The van der Waals surface area contributed by atoms with E-state index in [4.69, 9.17) is 17.3 Å². The van der Waals surface area contributed by atoms with Gasteiger partial charge in [-0.05, 0) is 11.6 Å². The lowest BCUT2D eigenvalue weighted by Gasteiger charge is -2.19. The normalized spacial score (nSPS) is 11.4. The molecule has 0 aliphatic carbocycles. The molecule has 0 atom stereocenters. The Bertz CT molecular complexity index is 593. The number of nitrogens with two attached hydrogens (primary N) is 1. The van der Waals surface area contributed by atoms with Crippen molar-refractivity contribution in [3.63, 3.8) is 0 Å². The fourth-order valence-corrected chi connectivity index (χ4v) is 1.77. The molecule has 20 heavy (non-hydrogen) atoms. The largest absolute Gasteiger partial charge is 0.393 e. The average Bonchev–Trinajstić information content (AvgIpc) is 2.40. The van der Waals surface area contributed by atoms with Crippen LogP contribution in [0, 0.1) is 0 Å². The molecule has 0 fully saturated rings. The first-order chi connectivity index (χ1) is 9.38. The number of hydrogen-bond donors (Lipinski definition) is 2. The number of nitrogens with zero attached hydrogens (tertiary/aromatic N) is 3. The lowest BCUT2D eigenvalue weighted by atomic mass is 9.96.